The van der Waals surface area contributed by atoms with Crippen LogP contribution in [-0.4, -0.2) is 20.7 Å². The maximum atomic E-state index is 12.2. The molecule has 0 fully saturated rings. The number of hydrogen-bond acceptors (Lipinski definition) is 3. The molecule has 6 nitrogen and oxygen atoms in total. The highest BCUT2D eigenvalue weighted by Crippen LogP contribution is 2.33. The zero-order valence-electron chi connectivity index (χ0n) is 14.3. The molecule has 0 saturated heterocycles. The Morgan fingerprint density at radius 1 is 1.31 bits per heavy atom. The maximum Gasteiger partial charge on any atom is 0.292 e. The summed E-state index contributed by atoms with van der Waals surface area (Å²) >= 11 is 3.19. The molecular formula is C19H17BrN4O2. The average Bonchev–Trinajstić information content (AvgIpc) is 3.33. The number of halogens is 1. The van der Waals surface area contributed by atoms with Crippen molar-refractivity contribution in [3.8, 4) is 11.4 Å². The summed E-state index contributed by atoms with van der Waals surface area (Å²) in [6.45, 7) is 5.05. The number of anilines is 1. The molecule has 0 atom stereocenters. The molecule has 3 aromatic heterocycles. The Bertz CT molecular complexity index is 1110. The minimum Gasteiger partial charge on any atom is -0.444 e. The third kappa shape index (κ3) is 2.74. The number of nitrogens with one attached hydrogen (secondary N) is 2. The molecule has 1 amide bonds. The molecule has 132 valence electrons. The molecule has 4 rings (SSSR count). The number of benzene rings is 1. The zero-order chi connectivity index (χ0) is 18.3. The fourth-order valence-corrected chi connectivity index (χ4v) is 3.58. The molecule has 0 aliphatic heterocycles. The van der Waals surface area contributed by atoms with Gasteiger partial charge in [0.25, 0.3) is 5.91 Å². The van der Waals surface area contributed by atoms with Crippen LogP contribution in [-0.2, 0) is 6.54 Å². The van der Waals surface area contributed by atoms with Gasteiger partial charge < -0.3 is 14.3 Å². The van der Waals surface area contributed by atoms with E-state index in [0.717, 1.165) is 17.9 Å². The van der Waals surface area contributed by atoms with Gasteiger partial charge in [0.2, 0.25) is 0 Å². The van der Waals surface area contributed by atoms with E-state index in [1.54, 1.807) is 12.1 Å². The summed E-state index contributed by atoms with van der Waals surface area (Å²) in [6, 6.07) is 13.4. The number of carbonyl (C=O) groups excluding carboxylic acids is 1. The number of para-hydroxylation sites is 1. The Kier molecular flexibility index (Phi) is 4.16. The molecule has 0 saturated carbocycles. The quantitative estimate of drug-likeness (QED) is 0.496. The van der Waals surface area contributed by atoms with Crippen molar-refractivity contribution in [3.63, 3.8) is 0 Å². The van der Waals surface area contributed by atoms with Crippen LogP contribution in [0.4, 0.5) is 5.82 Å². The molecule has 26 heavy (non-hydrogen) atoms. The second kappa shape index (κ2) is 6.49. The van der Waals surface area contributed by atoms with E-state index in [-0.39, 0.29) is 11.7 Å². The minimum atomic E-state index is -0.346. The van der Waals surface area contributed by atoms with Gasteiger partial charge in [-0.05, 0) is 53.5 Å². The van der Waals surface area contributed by atoms with Gasteiger partial charge >= 0.3 is 0 Å². The highest BCUT2D eigenvalue weighted by atomic mass is 79.9. The smallest absolute Gasteiger partial charge is 0.292 e. The van der Waals surface area contributed by atoms with Gasteiger partial charge in [-0.3, -0.25) is 9.89 Å². The lowest BCUT2D eigenvalue weighted by molar-refractivity contribution is 0.0995. The second-order valence-electron chi connectivity index (χ2n) is 5.96. The number of aromatic nitrogens is 3. The summed E-state index contributed by atoms with van der Waals surface area (Å²) < 4.78 is 8.02. The van der Waals surface area contributed by atoms with Crippen molar-refractivity contribution in [1.29, 1.82) is 0 Å². The van der Waals surface area contributed by atoms with Crippen LogP contribution in [0.25, 0.3) is 22.3 Å². The second-order valence-corrected chi connectivity index (χ2v) is 6.74. The first-order chi connectivity index (χ1) is 12.6. The number of aromatic amines is 1. The molecule has 0 radical (unpaired) electrons. The van der Waals surface area contributed by atoms with E-state index < -0.39 is 0 Å². The average molecular weight is 413 g/mol. The van der Waals surface area contributed by atoms with Crippen LogP contribution in [0.15, 0.2) is 51.6 Å². The van der Waals surface area contributed by atoms with Crippen molar-refractivity contribution < 1.29 is 9.21 Å². The number of rotatable bonds is 4. The molecule has 0 spiro atoms. The first-order valence-corrected chi connectivity index (χ1v) is 9.08. The monoisotopic (exact) mass is 412 g/mol. The predicted molar refractivity (Wildman–Crippen MR) is 104 cm³/mol. The normalized spacial score (nSPS) is 11.2. The zero-order valence-corrected chi connectivity index (χ0v) is 15.9. The predicted octanol–water partition coefficient (Wildman–Crippen LogP) is 4.97. The number of H-pyrrole nitrogens is 1. The van der Waals surface area contributed by atoms with Crippen molar-refractivity contribution in [2.24, 2.45) is 0 Å². The number of fused-ring (bicyclic) bond motifs is 1. The van der Waals surface area contributed by atoms with E-state index in [1.807, 2.05) is 18.2 Å². The van der Waals surface area contributed by atoms with Gasteiger partial charge in [0.05, 0.1) is 11.4 Å². The van der Waals surface area contributed by atoms with Crippen molar-refractivity contribution in [2.75, 3.05) is 5.32 Å². The lowest BCUT2D eigenvalue weighted by atomic mass is 10.1. The number of hydrogen-bond donors (Lipinski definition) is 2. The Morgan fingerprint density at radius 2 is 2.12 bits per heavy atom. The molecule has 0 aliphatic carbocycles. The Balaban J connectivity index is 1.69. The summed E-state index contributed by atoms with van der Waals surface area (Å²) in [5.74, 6) is 0.326. The van der Waals surface area contributed by atoms with Gasteiger partial charge in [0.15, 0.2) is 16.2 Å². The Morgan fingerprint density at radius 3 is 2.85 bits per heavy atom. The number of amides is 1. The highest BCUT2D eigenvalue weighted by molar-refractivity contribution is 9.10. The summed E-state index contributed by atoms with van der Waals surface area (Å²) in [5.41, 5.74) is 4.29. The topological polar surface area (TPSA) is 75.8 Å². The number of aryl methyl sites for hydroxylation is 2. The number of nitrogens with zero attached hydrogens (tertiary/aromatic N) is 2. The van der Waals surface area contributed by atoms with Gasteiger partial charge in [-0.1, -0.05) is 18.2 Å². The molecule has 1 aromatic carbocycles. The van der Waals surface area contributed by atoms with E-state index in [9.17, 15) is 4.79 Å². The van der Waals surface area contributed by atoms with Gasteiger partial charge in [-0.2, -0.15) is 5.10 Å². The van der Waals surface area contributed by atoms with E-state index >= 15 is 0 Å². The summed E-state index contributed by atoms with van der Waals surface area (Å²) in [6.07, 6.45) is 0. The lowest BCUT2D eigenvalue weighted by Gasteiger charge is -2.06. The molecule has 0 unspecified atom stereocenters. The standard InChI is InChI=1S/C19H17BrN4O2/c1-3-24-14-7-5-4-6-12(14)11(2)18(24)13-10-17(23-22-13)21-19(25)15-8-9-16(20)26-15/h4-10H,3H2,1-2H3,(H2,21,22,23,25). The van der Waals surface area contributed by atoms with Gasteiger partial charge in [0, 0.05) is 23.5 Å². The first kappa shape index (κ1) is 16.7. The van der Waals surface area contributed by atoms with E-state index in [2.05, 4.69) is 62.0 Å². The van der Waals surface area contributed by atoms with Crippen molar-refractivity contribution in [2.45, 2.75) is 20.4 Å². The van der Waals surface area contributed by atoms with Crippen molar-refractivity contribution in [1.82, 2.24) is 14.8 Å². The SMILES string of the molecule is CCn1c(-c2cc(NC(=O)c3ccc(Br)o3)n[nH]2)c(C)c2ccccc21. The van der Waals surface area contributed by atoms with Gasteiger partial charge in [0.1, 0.15) is 0 Å². The third-order valence-corrected chi connectivity index (χ3v) is 4.84. The fraction of sp³-hybridized carbons (Fsp3) is 0.158. The Hall–Kier alpha value is -2.80. The minimum absolute atomic E-state index is 0.222. The number of carbonyl (C=O) groups is 1. The van der Waals surface area contributed by atoms with Gasteiger partial charge in [-0.15, -0.1) is 0 Å². The fourth-order valence-electron chi connectivity index (χ4n) is 3.27. The molecule has 7 heteroatoms. The highest BCUT2D eigenvalue weighted by Gasteiger charge is 2.18. The van der Waals surface area contributed by atoms with E-state index in [0.29, 0.717) is 10.5 Å². The van der Waals surface area contributed by atoms with Crippen LogP contribution in [0.2, 0.25) is 0 Å². The molecular weight excluding hydrogens is 396 g/mol. The van der Waals surface area contributed by atoms with Crippen LogP contribution in [0.5, 0.6) is 0 Å². The molecule has 4 aromatic rings. The van der Waals surface area contributed by atoms with Crippen LogP contribution in [0.1, 0.15) is 23.0 Å². The lowest BCUT2D eigenvalue weighted by Crippen LogP contribution is -2.10. The largest absolute Gasteiger partial charge is 0.444 e. The van der Waals surface area contributed by atoms with Crippen LogP contribution < -0.4 is 5.32 Å². The molecule has 2 N–H and O–H groups in total. The number of furan rings is 1. The van der Waals surface area contributed by atoms with E-state index in [4.69, 9.17) is 4.42 Å². The summed E-state index contributed by atoms with van der Waals surface area (Å²) in [4.78, 5) is 12.2. The molecule has 0 aliphatic rings. The maximum absolute atomic E-state index is 12.2. The summed E-state index contributed by atoms with van der Waals surface area (Å²) in [5, 5.41) is 11.2. The first-order valence-electron chi connectivity index (χ1n) is 8.28. The molecule has 0 bridgehead atoms. The van der Waals surface area contributed by atoms with Crippen molar-refractivity contribution in [3.05, 3.63) is 58.5 Å². The summed E-state index contributed by atoms with van der Waals surface area (Å²) in [7, 11) is 0. The Labute approximate surface area is 158 Å². The van der Waals surface area contributed by atoms with Crippen LogP contribution in [0.3, 0.4) is 0 Å². The van der Waals surface area contributed by atoms with Crippen LogP contribution >= 0.6 is 15.9 Å². The van der Waals surface area contributed by atoms with Crippen LogP contribution in [0, 0.1) is 6.92 Å². The van der Waals surface area contributed by atoms with Crippen molar-refractivity contribution >= 4 is 38.6 Å². The third-order valence-electron chi connectivity index (χ3n) is 4.41. The van der Waals surface area contributed by atoms with E-state index in [1.165, 1.54) is 16.5 Å². The molecule has 3 heterocycles. The van der Waals surface area contributed by atoms with Gasteiger partial charge in [-0.25, -0.2) is 0 Å².